The standard InChI is InChI=1S/C17H15F3N2O2/c18-17(19,20)14-8-9-15(22-11-14)7-4-10-21-16(23)24-12-13-5-2-1-3-6-13/h1-9,11H,10,12H2,(H,21,23). The molecule has 126 valence electrons. The summed E-state index contributed by atoms with van der Waals surface area (Å²) in [5.74, 6) is 0. The van der Waals surface area contributed by atoms with Crippen LogP contribution < -0.4 is 5.32 Å². The Morgan fingerprint density at radius 2 is 1.92 bits per heavy atom. The van der Waals surface area contributed by atoms with Gasteiger partial charge in [-0.3, -0.25) is 4.98 Å². The van der Waals surface area contributed by atoms with Crippen molar-refractivity contribution in [3.05, 3.63) is 71.6 Å². The van der Waals surface area contributed by atoms with Gasteiger partial charge in [-0.05, 0) is 23.8 Å². The van der Waals surface area contributed by atoms with E-state index in [-0.39, 0.29) is 13.2 Å². The number of ether oxygens (including phenoxy) is 1. The van der Waals surface area contributed by atoms with Crippen molar-refractivity contribution >= 4 is 12.2 Å². The van der Waals surface area contributed by atoms with Gasteiger partial charge in [0, 0.05) is 12.7 Å². The summed E-state index contributed by atoms with van der Waals surface area (Å²) in [6, 6.07) is 11.4. The number of carbonyl (C=O) groups is 1. The molecule has 1 aromatic carbocycles. The van der Waals surface area contributed by atoms with Crippen molar-refractivity contribution in [2.45, 2.75) is 12.8 Å². The van der Waals surface area contributed by atoms with E-state index < -0.39 is 17.8 Å². The molecule has 1 heterocycles. The monoisotopic (exact) mass is 336 g/mol. The molecule has 0 atom stereocenters. The van der Waals surface area contributed by atoms with Crippen LogP contribution in [-0.4, -0.2) is 17.6 Å². The van der Waals surface area contributed by atoms with Gasteiger partial charge in [0.2, 0.25) is 0 Å². The van der Waals surface area contributed by atoms with Gasteiger partial charge >= 0.3 is 12.3 Å². The summed E-state index contributed by atoms with van der Waals surface area (Å²) in [5, 5.41) is 2.50. The van der Waals surface area contributed by atoms with E-state index in [4.69, 9.17) is 4.74 Å². The third-order valence-electron chi connectivity index (χ3n) is 2.98. The molecule has 0 bridgehead atoms. The van der Waals surface area contributed by atoms with Crippen LogP contribution in [0.3, 0.4) is 0 Å². The average molecular weight is 336 g/mol. The van der Waals surface area contributed by atoms with Crippen LogP contribution in [0.1, 0.15) is 16.8 Å². The summed E-state index contributed by atoms with van der Waals surface area (Å²) in [6.45, 7) is 0.340. The first kappa shape index (κ1) is 17.5. The summed E-state index contributed by atoms with van der Waals surface area (Å²) in [5.41, 5.74) is 0.432. The summed E-state index contributed by atoms with van der Waals surface area (Å²) >= 11 is 0. The number of hydrogen-bond donors (Lipinski definition) is 1. The number of alkyl halides is 3. The number of aromatic nitrogens is 1. The number of benzene rings is 1. The Kier molecular flexibility index (Phi) is 5.95. The molecule has 2 rings (SSSR count). The van der Waals surface area contributed by atoms with E-state index in [1.807, 2.05) is 30.3 Å². The molecule has 0 aliphatic carbocycles. The van der Waals surface area contributed by atoms with E-state index in [2.05, 4.69) is 10.3 Å². The second kappa shape index (κ2) is 8.14. The second-order valence-electron chi connectivity index (χ2n) is 4.81. The molecule has 2 aromatic rings. The fraction of sp³-hybridized carbons (Fsp3) is 0.176. The average Bonchev–Trinajstić information content (AvgIpc) is 2.57. The van der Waals surface area contributed by atoms with Gasteiger partial charge in [0.1, 0.15) is 6.61 Å². The van der Waals surface area contributed by atoms with E-state index in [1.54, 1.807) is 6.08 Å². The minimum Gasteiger partial charge on any atom is -0.445 e. The number of halogens is 3. The lowest BCUT2D eigenvalue weighted by atomic mass is 10.2. The normalized spacial score (nSPS) is 11.5. The van der Waals surface area contributed by atoms with E-state index in [1.165, 1.54) is 12.1 Å². The van der Waals surface area contributed by atoms with Gasteiger partial charge in [-0.25, -0.2) is 4.79 Å². The maximum absolute atomic E-state index is 12.4. The second-order valence-corrected chi connectivity index (χ2v) is 4.81. The molecule has 24 heavy (non-hydrogen) atoms. The van der Waals surface area contributed by atoms with Crippen molar-refractivity contribution in [3.63, 3.8) is 0 Å². The van der Waals surface area contributed by atoms with Gasteiger partial charge in [-0.1, -0.05) is 36.4 Å². The highest BCUT2D eigenvalue weighted by atomic mass is 19.4. The van der Waals surface area contributed by atoms with Gasteiger partial charge in [-0.15, -0.1) is 0 Å². The molecule has 0 saturated carbocycles. The van der Waals surface area contributed by atoms with E-state index >= 15 is 0 Å². The minimum absolute atomic E-state index is 0.164. The number of pyridine rings is 1. The van der Waals surface area contributed by atoms with Gasteiger partial charge in [0.05, 0.1) is 11.3 Å². The third-order valence-corrected chi connectivity index (χ3v) is 2.98. The largest absolute Gasteiger partial charge is 0.445 e. The van der Waals surface area contributed by atoms with Crippen molar-refractivity contribution in [3.8, 4) is 0 Å². The summed E-state index contributed by atoms with van der Waals surface area (Å²) < 4.78 is 42.2. The zero-order valence-corrected chi connectivity index (χ0v) is 12.6. The highest BCUT2D eigenvalue weighted by molar-refractivity contribution is 5.67. The zero-order chi connectivity index (χ0) is 17.4. The molecule has 0 spiro atoms. The molecular formula is C17H15F3N2O2. The smallest absolute Gasteiger partial charge is 0.417 e. The number of carbonyl (C=O) groups excluding carboxylic acids is 1. The predicted octanol–water partition coefficient (Wildman–Crippen LogP) is 4.04. The molecule has 0 aliphatic heterocycles. The molecule has 0 radical (unpaired) electrons. The fourth-order valence-corrected chi connectivity index (χ4v) is 1.77. The summed E-state index contributed by atoms with van der Waals surface area (Å²) in [6.07, 6.45) is -1.14. The van der Waals surface area contributed by atoms with Crippen molar-refractivity contribution in [2.75, 3.05) is 6.54 Å². The molecular weight excluding hydrogens is 321 g/mol. The third kappa shape index (κ3) is 5.75. The highest BCUT2D eigenvalue weighted by Gasteiger charge is 2.30. The Morgan fingerprint density at radius 1 is 1.17 bits per heavy atom. The molecule has 1 aromatic heterocycles. The molecule has 1 amide bonds. The molecule has 1 N–H and O–H groups in total. The van der Waals surface area contributed by atoms with Crippen LogP contribution in [0.2, 0.25) is 0 Å². The predicted molar refractivity (Wildman–Crippen MR) is 82.9 cm³/mol. The highest BCUT2D eigenvalue weighted by Crippen LogP contribution is 2.28. The minimum atomic E-state index is -4.40. The van der Waals surface area contributed by atoms with E-state index in [0.29, 0.717) is 5.69 Å². The first-order chi connectivity index (χ1) is 11.4. The lowest BCUT2D eigenvalue weighted by Crippen LogP contribution is -2.24. The van der Waals surface area contributed by atoms with Crippen LogP contribution >= 0.6 is 0 Å². The summed E-state index contributed by atoms with van der Waals surface area (Å²) in [7, 11) is 0. The summed E-state index contributed by atoms with van der Waals surface area (Å²) in [4.78, 5) is 15.2. The molecule has 7 heteroatoms. The van der Waals surface area contributed by atoms with Gasteiger partial charge in [0.25, 0.3) is 0 Å². The van der Waals surface area contributed by atoms with Crippen LogP contribution in [0.4, 0.5) is 18.0 Å². The Hall–Kier alpha value is -2.83. The lowest BCUT2D eigenvalue weighted by molar-refractivity contribution is -0.137. The molecule has 0 aliphatic rings. The molecule has 0 unspecified atom stereocenters. The van der Waals surface area contributed by atoms with Crippen LogP contribution in [0.25, 0.3) is 6.08 Å². The van der Waals surface area contributed by atoms with E-state index in [9.17, 15) is 18.0 Å². The van der Waals surface area contributed by atoms with Crippen LogP contribution in [-0.2, 0) is 17.5 Å². The number of hydrogen-bond acceptors (Lipinski definition) is 3. The fourth-order valence-electron chi connectivity index (χ4n) is 1.77. The van der Waals surface area contributed by atoms with Crippen molar-refractivity contribution in [1.29, 1.82) is 0 Å². The quantitative estimate of drug-likeness (QED) is 0.896. The zero-order valence-electron chi connectivity index (χ0n) is 12.6. The van der Waals surface area contributed by atoms with Gasteiger partial charge < -0.3 is 10.1 Å². The molecule has 0 saturated heterocycles. The van der Waals surface area contributed by atoms with Crippen molar-refractivity contribution < 1.29 is 22.7 Å². The van der Waals surface area contributed by atoms with Crippen LogP contribution in [0.15, 0.2) is 54.7 Å². The van der Waals surface area contributed by atoms with E-state index in [0.717, 1.165) is 17.8 Å². The first-order valence-corrected chi connectivity index (χ1v) is 7.09. The van der Waals surface area contributed by atoms with Gasteiger partial charge in [-0.2, -0.15) is 13.2 Å². The Labute approximate surface area is 137 Å². The Balaban J connectivity index is 1.73. The maximum Gasteiger partial charge on any atom is 0.417 e. The van der Waals surface area contributed by atoms with Gasteiger partial charge in [0.15, 0.2) is 0 Å². The number of amides is 1. The van der Waals surface area contributed by atoms with Crippen LogP contribution in [0.5, 0.6) is 0 Å². The number of nitrogens with one attached hydrogen (secondary N) is 1. The lowest BCUT2D eigenvalue weighted by Gasteiger charge is -2.06. The SMILES string of the molecule is O=C(NCC=Cc1ccc(C(F)(F)F)cn1)OCc1ccccc1. The van der Waals surface area contributed by atoms with Crippen LogP contribution in [0, 0.1) is 0 Å². The van der Waals surface area contributed by atoms with Crippen molar-refractivity contribution in [1.82, 2.24) is 10.3 Å². The Bertz CT molecular complexity index is 683. The Morgan fingerprint density at radius 3 is 2.54 bits per heavy atom. The number of alkyl carbamates (subject to hydrolysis) is 1. The first-order valence-electron chi connectivity index (χ1n) is 7.09. The van der Waals surface area contributed by atoms with Crippen molar-refractivity contribution in [2.24, 2.45) is 0 Å². The molecule has 4 nitrogen and oxygen atoms in total. The molecule has 0 fully saturated rings. The topological polar surface area (TPSA) is 51.2 Å². The maximum atomic E-state index is 12.4. The number of rotatable bonds is 5. The number of nitrogens with zero attached hydrogens (tertiary/aromatic N) is 1.